The zero-order valence-corrected chi connectivity index (χ0v) is 74.3. The van der Waals surface area contributed by atoms with Gasteiger partial charge in [-0.3, -0.25) is 59.6 Å². The molecule has 14 N–H and O–H groups in total. The summed E-state index contributed by atoms with van der Waals surface area (Å²) in [6.07, 6.45) is -0.259. The maximum Gasteiger partial charge on any atom is 0.407 e. The number of imide groups is 4. The standard InChI is InChI=1S/2C24H33F2N5O5.2C19H25F2N5O3/c2*1-15(19(32)31-11-9-30(10-12-31)16-5-6-17(25)18(26)13-16)14-24(20(33)28-21(34)29-24)7-8-27-22(35)36-23(2,3)4;2*1-12(11-19(4-5-22)17(28)23-18(29)24-19)16(27)26-8-6-25(7-9-26)13-2-3-14(20)15(21)10-13/h2*5-6,13,15H,7-12,14H2,1-4H3,(H,27,35)(H2,28,29,33,34);2*2-3,10,12H,4-9,11,22H2,1H3,(H2,23,24,28,29)/t2*15-,24+;2*12-,19+/m1010/s1. The van der Waals surface area contributed by atoms with Gasteiger partial charge < -0.3 is 92.0 Å². The van der Waals surface area contributed by atoms with E-state index in [1.165, 1.54) is 24.3 Å². The van der Waals surface area contributed by atoms with Crippen molar-refractivity contribution >= 4 is 106 Å². The van der Waals surface area contributed by atoms with Crippen LogP contribution in [0.5, 0.6) is 0 Å². The van der Waals surface area contributed by atoms with Gasteiger partial charge in [-0.25, -0.2) is 63.9 Å². The van der Waals surface area contributed by atoms with E-state index < -0.39 is 164 Å². The van der Waals surface area contributed by atoms with Crippen LogP contribution in [-0.4, -0.2) is 267 Å². The summed E-state index contributed by atoms with van der Waals surface area (Å²) in [5.74, 6) is -12.2. The predicted octanol–water partition coefficient (Wildman–Crippen LogP) is 5.40. The molecular formula is C86H116F8N20O16. The number of anilines is 4. The Morgan fingerprint density at radius 3 is 0.708 bits per heavy atom. The van der Waals surface area contributed by atoms with Gasteiger partial charge in [0.1, 0.15) is 33.4 Å². The SMILES string of the molecule is C[C@@H](C[C@@]1(CCN)NC(=O)NC1=O)C(=O)N1CCN(c2ccc(F)c(F)c2)CC1.C[C@@H](C[C@@]1(CCNC(=O)OC(C)(C)C)NC(=O)NC1=O)C(=O)N1CCN(c2ccc(F)c(F)c2)CC1.C[C@H](C[C@]1(CCN)NC(=O)NC1=O)C(=O)N1CCN(c2ccc(F)c(F)c2)CC1.C[C@H](C[C@]1(CCNC(=O)OC(C)(C)C)NC(=O)NC1=O)C(=O)N1CCN(c2ccc(F)c(F)c2)CC1. The molecule has 8 atom stereocenters. The number of nitrogens with zero attached hydrogens (tertiary/aromatic N) is 8. The maximum absolute atomic E-state index is 13.6. The molecule has 4 aromatic carbocycles. The minimum Gasteiger partial charge on any atom is -0.444 e. The van der Waals surface area contributed by atoms with E-state index in [9.17, 15) is 102 Å². The first-order valence-corrected chi connectivity index (χ1v) is 42.9. The van der Waals surface area contributed by atoms with Crippen molar-refractivity contribution < 1.29 is 112 Å². The van der Waals surface area contributed by atoms with Crippen molar-refractivity contribution in [1.82, 2.24) is 72.8 Å². The third kappa shape index (κ3) is 26.5. The van der Waals surface area contributed by atoms with Crippen molar-refractivity contribution in [2.75, 3.05) is 150 Å². The third-order valence-electron chi connectivity index (χ3n) is 23.4. The second-order valence-corrected chi connectivity index (χ2v) is 35.5. The normalized spacial score (nSPS) is 21.9. The van der Waals surface area contributed by atoms with Gasteiger partial charge in [0, 0.05) is 188 Å². The Hall–Kier alpha value is -12.4. The van der Waals surface area contributed by atoms with Crippen molar-refractivity contribution in [3.63, 3.8) is 0 Å². The van der Waals surface area contributed by atoms with E-state index in [1.807, 2.05) is 19.6 Å². The highest BCUT2D eigenvalue weighted by molar-refractivity contribution is 6.09. The minimum absolute atomic E-state index is 0.0444. The van der Waals surface area contributed by atoms with Crippen LogP contribution in [0.15, 0.2) is 72.8 Å². The lowest BCUT2D eigenvalue weighted by atomic mass is 9.84. The van der Waals surface area contributed by atoms with E-state index in [2.05, 4.69) is 53.2 Å². The number of rotatable bonds is 26. The summed E-state index contributed by atoms with van der Waals surface area (Å²) in [5, 5.41) is 24.5. The fourth-order valence-corrected chi connectivity index (χ4v) is 16.8. The zero-order chi connectivity index (χ0) is 95.7. The molecule has 18 amide bonds. The van der Waals surface area contributed by atoms with Crippen LogP contribution in [0, 0.1) is 70.2 Å². The van der Waals surface area contributed by atoms with Crippen LogP contribution in [-0.2, 0) is 47.8 Å². The van der Waals surface area contributed by atoms with E-state index in [4.69, 9.17) is 20.9 Å². The Morgan fingerprint density at radius 2 is 0.538 bits per heavy atom. The largest absolute Gasteiger partial charge is 0.444 e. The van der Waals surface area contributed by atoms with E-state index in [-0.39, 0.29) is 101 Å². The Labute approximate surface area is 746 Å². The molecule has 36 nitrogen and oxygen atoms in total. The topological polar surface area (TPSA) is 456 Å². The summed E-state index contributed by atoms with van der Waals surface area (Å²) >= 11 is 0. The molecular weight excluding hydrogens is 1720 g/mol. The minimum atomic E-state index is -1.35. The number of piperazine rings is 4. The number of amides is 18. The Balaban J connectivity index is 0.000000196. The van der Waals surface area contributed by atoms with Crippen molar-refractivity contribution in [3.05, 3.63) is 119 Å². The van der Waals surface area contributed by atoms with Gasteiger partial charge in [-0.15, -0.1) is 0 Å². The summed E-state index contributed by atoms with van der Waals surface area (Å²) in [6.45, 7) is 24.5. The maximum atomic E-state index is 13.6. The smallest absolute Gasteiger partial charge is 0.407 e. The summed E-state index contributed by atoms with van der Waals surface area (Å²) < 4.78 is 117. The first kappa shape index (κ1) is 101. The first-order valence-electron chi connectivity index (χ1n) is 42.9. The molecule has 12 rings (SSSR count). The highest BCUT2D eigenvalue weighted by atomic mass is 19.2. The number of alkyl carbamates (subject to hydrolysis) is 2. The number of carbonyl (C=O) groups excluding carboxylic acids is 14. The van der Waals surface area contributed by atoms with Crippen molar-refractivity contribution in [2.24, 2.45) is 35.1 Å². The molecule has 8 heterocycles. The van der Waals surface area contributed by atoms with Crippen molar-refractivity contribution in [3.8, 4) is 0 Å². The lowest BCUT2D eigenvalue weighted by Crippen LogP contribution is -2.54. The lowest BCUT2D eigenvalue weighted by molar-refractivity contribution is -0.137. The monoisotopic (exact) mass is 1840 g/mol. The van der Waals surface area contributed by atoms with Gasteiger partial charge in [0.25, 0.3) is 23.6 Å². The molecule has 0 bridgehead atoms. The number of halogens is 8. The van der Waals surface area contributed by atoms with Gasteiger partial charge in [-0.05, 0) is 155 Å². The number of ether oxygens (including phenoxy) is 2. The fraction of sp³-hybridized carbons (Fsp3) is 0.558. The molecule has 130 heavy (non-hydrogen) atoms. The van der Waals surface area contributed by atoms with Gasteiger partial charge in [0.05, 0.1) is 0 Å². The highest BCUT2D eigenvalue weighted by Gasteiger charge is 2.52. The second-order valence-electron chi connectivity index (χ2n) is 35.5. The van der Waals surface area contributed by atoms with E-state index in [0.29, 0.717) is 127 Å². The lowest BCUT2D eigenvalue weighted by Gasteiger charge is -2.38. The second kappa shape index (κ2) is 43.4. The van der Waals surface area contributed by atoms with Gasteiger partial charge >= 0.3 is 36.3 Å². The van der Waals surface area contributed by atoms with Crippen LogP contribution in [0.1, 0.15) is 121 Å². The number of urea groups is 4. The number of hydrogen-bond donors (Lipinski definition) is 12. The molecule has 4 aromatic rings. The molecule has 0 saturated carbocycles. The van der Waals surface area contributed by atoms with Crippen molar-refractivity contribution in [2.45, 2.75) is 154 Å². The molecule has 8 saturated heterocycles. The molecule has 8 fully saturated rings. The fourth-order valence-electron chi connectivity index (χ4n) is 16.8. The first-order chi connectivity index (χ1) is 61.1. The summed E-state index contributed by atoms with van der Waals surface area (Å²) in [6, 6.07) is 12.4. The summed E-state index contributed by atoms with van der Waals surface area (Å²) in [4.78, 5) is 187. The van der Waals surface area contributed by atoms with E-state index in [1.54, 1.807) is 88.8 Å². The van der Waals surface area contributed by atoms with Crippen LogP contribution in [0.25, 0.3) is 0 Å². The van der Waals surface area contributed by atoms with Gasteiger partial charge in [0.15, 0.2) is 46.5 Å². The number of benzene rings is 4. The number of hydrogen-bond acceptors (Lipinski definition) is 22. The Kier molecular flexibility index (Phi) is 33.8. The summed E-state index contributed by atoms with van der Waals surface area (Å²) in [7, 11) is 0. The van der Waals surface area contributed by atoms with E-state index >= 15 is 0 Å². The zero-order valence-electron chi connectivity index (χ0n) is 74.3. The van der Waals surface area contributed by atoms with Gasteiger partial charge in [-0.2, -0.15) is 0 Å². The van der Waals surface area contributed by atoms with E-state index in [0.717, 1.165) is 48.5 Å². The Morgan fingerprint density at radius 1 is 0.338 bits per heavy atom. The molecule has 0 spiro atoms. The van der Waals surface area contributed by atoms with Crippen LogP contribution in [0.4, 0.5) is 86.6 Å². The van der Waals surface area contributed by atoms with Crippen LogP contribution < -0.4 is 84.2 Å². The molecule has 712 valence electrons. The van der Waals surface area contributed by atoms with Crippen LogP contribution >= 0.6 is 0 Å². The van der Waals surface area contributed by atoms with Crippen LogP contribution in [0.3, 0.4) is 0 Å². The van der Waals surface area contributed by atoms with Crippen molar-refractivity contribution in [1.29, 1.82) is 0 Å². The van der Waals surface area contributed by atoms with Gasteiger partial charge in [-0.1, -0.05) is 27.7 Å². The average molecular weight is 1840 g/mol. The number of carbonyl (C=O) groups is 14. The number of nitrogens with one attached hydrogen (secondary N) is 10. The summed E-state index contributed by atoms with van der Waals surface area (Å²) in [5.41, 5.74) is 7.00. The molecule has 0 unspecified atom stereocenters. The quantitative estimate of drug-likeness (QED) is 0.0276. The highest BCUT2D eigenvalue weighted by Crippen LogP contribution is 2.34. The third-order valence-corrected chi connectivity index (χ3v) is 23.4. The molecule has 8 aliphatic rings. The van der Waals surface area contributed by atoms with Crippen LogP contribution in [0.2, 0.25) is 0 Å². The molecule has 0 radical (unpaired) electrons. The molecule has 0 aliphatic carbocycles. The Bertz CT molecular complexity index is 4550. The average Bonchev–Trinajstić information content (AvgIpc) is 1.65. The molecule has 44 heteroatoms. The molecule has 8 aliphatic heterocycles. The molecule has 0 aromatic heterocycles. The number of nitrogens with two attached hydrogens (primary N) is 2. The predicted molar refractivity (Wildman–Crippen MR) is 458 cm³/mol. The van der Waals surface area contributed by atoms with Gasteiger partial charge in [0.2, 0.25) is 23.6 Å².